The Kier molecular flexibility index (Phi) is 6.57. The summed E-state index contributed by atoms with van der Waals surface area (Å²) in [7, 11) is 1.38. The number of amides is 1. The number of thiophene rings is 1. The number of nitrogens with one attached hydrogen (secondary N) is 1. The Balaban J connectivity index is 1.94. The highest BCUT2D eigenvalue weighted by Gasteiger charge is 2.29. The zero-order valence-electron chi connectivity index (χ0n) is 15.8. The molecule has 1 aliphatic rings. The van der Waals surface area contributed by atoms with E-state index in [1.54, 1.807) is 11.8 Å². The van der Waals surface area contributed by atoms with Crippen LogP contribution in [-0.2, 0) is 17.7 Å². The van der Waals surface area contributed by atoms with E-state index < -0.39 is 0 Å². The molecule has 1 amide bonds. The molecular formula is C20H24N2O3S2. The number of methoxy groups -OCH3 is 1. The van der Waals surface area contributed by atoms with Crippen LogP contribution in [0.2, 0.25) is 0 Å². The van der Waals surface area contributed by atoms with Gasteiger partial charge in [-0.25, -0.2) is 4.79 Å². The van der Waals surface area contributed by atoms with Gasteiger partial charge in [0.1, 0.15) is 5.00 Å². The molecule has 0 bridgehead atoms. The Morgan fingerprint density at radius 1 is 1.30 bits per heavy atom. The predicted octanol–water partition coefficient (Wildman–Crippen LogP) is 4.28. The molecule has 0 saturated heterocycles. The molecule has 0 aliphatic carbocycles. The standard InChI is InChI=1S/C20H24N2O3S2/c1-4-22-11-10-13-16(12-22)27-19(17(13)20(24)25-3)21-18(23)14-8-6-7-9-15(14)26-5-2/h6-9H,4-5,10-12H2,1-3H3,(H,21,23). The number of ether oxygens (including phenoxy) is 1. The maximum Gasteiger partial charge on any atom is 0.341 e. The van der Waals surface area contributed by atoms with Crippen LogP contribution in [0.4, 0.5) is 5.00 Å². The number of nitrogens with zero attached hydrogens (tertiary/aromatic N) is 1. The van der Waals surface area contributed by atoms with Crippen LogP contribution in [0, 0.1) is 0 Å². The molecule has 5 nitrogen and oxygen atoms in total. The minimum Gasteiger partial charge on any atom is -0.465 e. The average molecular weight is 405 g/mol. The Morgan fingerprint density at radius 2 is 2.07 bits per heavy atom. The number of anilines is 1. The van der Waals surface area contributed by atoms with Gasteiger partial charge in [0.25, 0.3) is 5.91 Å². The summed E-state index contributed by atoms with van der Waals surface area (Å²) >= 11 is 3.12. The van der Waals surface area contributed by atoms with Gasteiger partial charge in [-0.1, -0.05) is 26.0 Å². The minimum absolute atomic E-state index is 0.192. The fraction of sp³-hybridized carbons (Fsp3) is 0.400. The van der Waals surface area contributed by atoms with Crippen molar-refractivity contribution in [1.82, 2.24) is 4.90 Å². The molecule has 7 heteroatoms. The van der Waals surface area contributed by atoms with Crippen molar-refractivity contribution >= 4 is 40.0 Å². The van der Waals surface area contributed by atoms with Crippen molar-refractivity contribution in [2.45, 2.75) is 31.7 Å². The summed E-state index contributed by atoms with van der Waals surface area (Å²) in [6, 6.07) is 7.55. The molecule has 2 heterocycles. The molecule has 1 aromatic carbocycles. The largest absolute Gasteiger partial charge is 0.465 e. The molecule has 0 saturated carbocycles. The van der Waals surface area contributed by atoms with Crippen LogP contribution in [-0.4, -0.2) is 42.7 Å². The van der Waals surface area contributed by atoms with Crippen molar-refractivity contribution in [3.05, 3.63) is 45.8 Å². The van der Waals surface area contributed by atoms with Gasteiger partial charge in [-0.05, 0) is 36.4 Å². The van der Waals surface area contributed by atoms with Crippen molar-refractivity contribution in [3.63, 3.8) is 0 Å². The fourth-order valence-electron chi connectivity index (χ4n) is 3.24. The summed E-state index contributed by atoms with van der Waals surface area (Å²) in [5.74, 6) is 0.310. The van der Waals surface area contributed by atoms with Gasteiger partial charge in [-0.15, -0.1) is 23.1 Å². The van der Waals surface area contributed by atoms with E-state index >= 15 is 0 Å². The first-order valence-corrected chi connectivity index (χ1v) is 10.9. The van der Waals surface area contributed by atoms with Crippen LogP contribution in [0.5, 0.6) is 0 Å². The average Bonchev–Trinajstić information content (AvgIpc) is 3.04. The van der Waals surface area contributed by atoms with Crippen molar-refractivity contribution < 1.29 is 14.3 Å². The van der Waals surface area contributed by atoms with E-state index in [1.807, 2.05) is 24.3 Å². The molecule has 144 valence electrons. The van der Waals surface area contributed by atoms with Crippen LogP contribution in [0.15, 0.2) is 29.2 Å². The number of hydrogen-bond acceptors (Lipinski definition) is 6. The first-order valence-electron chi connectivity index (χ1n) is 9.07. The van der Waals surface area contributed by atoms with Crippen molar-refractivity contribution in [1.29, 1.82) is 0 Å². The maximum absolute atomic E-state index is 12.9. The third kappa shape index (κ3) is 4.20. The molecule has 27 heavy (non-hydrogen) atoms. The number of carbonyl (C=O) groups excluding carboxylic acids is 2. The molecule has 1 aliphatic heterocycles. The zero-order valence-corrected chi connectivity index (χ0v) is 17.5. The summed E-state index contributed by atoms with van der Waals surface area (Å²) < 4.78 is 5.00. The molecule has 1 aromatic heterocycles. The maximum atomic E-state index is 12.9. The fourth-order valence-corrected chi connectivity index (χ4v) is 5.31. The number of hydrogen-bond donors (Lipinski definition) is 1. The lowest BCUT2D eigenvalue weighted by Gasteiger charge is -2.25. The van der Waals surface area contributed by atoms with Gasteiger partial charge in [0.05, 0.1) is 18.2 Å². The second-order valence-corrected chi connectivity index (χ2v) is 8.61. The van der Waals surface area contributed by atoms with E-state index in [0.717, 1.165) is 47.1 Å². The number of thioether (sulfide) groups is 1. The number of esters is 1. The van der Waals surface area contributed by atoms with Crippen molar-refractivity contribution in [3.8, 4) is 0 Å². The summed E-state index contributed by atoms with van der Waals surface area (Å²) in [5, 5.41) is 3.57. The van der Waals surface area contributed by atoms with Crippen LogP contribution in [0.1, 0.15) is 45.0 Å². The van der Waals surface area contributed by atoms with Gasteiger partial charge in [-0.3, -0.25) is 9.69 Å². The van der Waals surface area contributed by atoms with Crippen LogP contribution < -0.4 is 5.32 Å². The normalized spacial score (nSPS) is 13.9. The number of rotatable bonds is 6. The van der Waals surface area contributed by atoms with E-state index in [2.05, 4.69) is 24.1 Å². The van der Waals surface area contributed by atoms with Gasteiger partial charge in [0.2, 0.25) is 0 Å². The Labute approximate surface area is 168 Å². The van der Waals surface area contributed by atoms with E-state index in [-0.39, 0.29) is 11.9 Å². The van der Waals surface area contributed by atoms with Crippen LogP contribution in [0.3, 0.4) is 0 Å². The van der Waals surface area contributed by atoms with E-state index in [9.17, 15) is 9.59 Å². The summed E-state index contributed by atoms with van der Waals surface area (Å²) in [5.41, 5.74) is 2.16. The van der Waals surface area contributed by atoms with Crippen molar-refractivity contribution in [2.24, 2.45) is 0 Å². The lowest BCUT2D eigenvalue weighted by molar-refractivity contribution is 0.0600. The third-order valence-electron chi connectivity index (χ3n) is 4.63. The minimum atomic E-state index is -0.385. The number of fused-ring (bicyclic) bond motifs is 1. The van der Waals surface area contributed by atoms with Crippen LogP contribution >= 0.6 is 23.1 Å². The molecule has 3 rings (SSSR count). The monoisotopic (exact) mass is 404 g/mol. The van der Waals surface area contributed by atoms with Gasteiger partial charge in [0, 0.05) is 22.9 Å². The summed E-state index contributed by atoms with van der Waals surface area (Å²) in [6.45, 7) is 6.87. The Bertz CT molecular complexity index is 848. The van der Waals surface area contributed by atoms with Gasteiger partial charge in [0.15, 0.2) is 0 Å². The van der Waals surface area contributed by atoms with Gasteiger partial charge < -0.3 is 10.1 Å². The zero-order chi connectivity index (χ0) is 19.4. The van der Waals surface area contributed by atoms with E-state index in [1.165, 1.54) is 18.4 Å². The molecule has 0 radical (unpaired) electrons. The second-order valence-electron chi connectivity index (χ2n) is 6.20. The molecule has 0 fully saturated rings. The Morgan fingerprint density at radius 3 is 2.78 bits per heavy atom. The predicted molar refractivity (Wildman–Crippen MR) is 111 cm³/mol. The first-order chi connectivity index (χ1) is 13.1. The number of benzene rings is 1. The highest BCUT2D eigenvalue weighted by molar-refractivity contribution is 7.99. The smallest absolute Gasteiger partial charge is 0.341 e. The van der Waals surface area contributed by atoms with Crippen LogP contribution in [0.25, 0.3) is 0 Å². The molecule has 0 unspecified atom stereocenters. The lowest BCUT2D eigenvalue weighted by atomic mass is 10.0. The summed E-state index contributed by atoms with van der Waals surface area (Å²) in [6.07, 6.45) is 0.794. The quantitative estimate of drug-likeness (QED) is 0.575. The molecule has 0 atom stereocenters. The highest BCUT2D eigenvalue weighted by Crippen LogP contribution is 2.38. The van der Waals surface area contributed by atoms with Gasteiger partial charge >= 0.3 is 5.97 Å². The summed E-state index contributed by atoms with van der Waals surface area (Å²) in [4.78, 5) is 29.8. The van der Waals surface area contributed by atoms with E-state index in [0.29, 0.717) is 16.1 Å². The molecular weight excluding hydrogens is 380 g/mol. The third-order valence-corrected chi connectivity index (χ3v) is 6.72. The lowest BCUT2D eigenvalue weighted by Crippen LogP contribution is -2.29. The Hall–Kier alpha value is -1.83. The van der Waals surface area contributed by atoms with E-state index in [4.69, 9.17) is 4.74 Å². The molecule has 1 N–H and O–H groups in total. The number of likely N-dealkylation sites (N-methyl/N-ethyl adjacent to an activating group) is 1. The number of carbonyl (C=O) groups is 2. The van der Waals surface area contributed by atoms with Gasteiger partial charge in [-0.2, -0.15) is 0 Å². The highest BCUT2D eigenvalue weighted by atomic mass is 32.2. The SMILES string of the molecule is CCSc1ccccc1C(=O)Nc1sc2c(c1C(=O)OC)CCN(CC)C2. The molecule has 2 aromatic rings. The van der Waals surface area contributed by atoms with Crippen molar-refractivity contribution in [2.75, 3.05) is 31.3 Å². The second kappa shape index (κ2) is 8.91. The molecule has 0 spiro atoms. The first kappa shape index (κ1) is 19.9. The topological polar surface area (TPSA) is 58.6 Å².